The number of ether oxygens (including phenoxy) is 1. The van der Waals surface area contributed by atoms with Gasteiger partial charge in [0, 0.05) is 46.7 Å². The molecule has 12 heteroatoms. The first-order chi connectivity index (χ1) is 23.3. The maximum atomic E-state index is 13.4. The van der Waals surface area contributed by atoms with E-state index in [1.54, 1.807) is 36.4 Å². The normalized spacial score (nSPS) is 11.0. The number of pyridine rings is 1. The maximum Gasteiger partial charge on any atom is 0.267 e. The zero-order valence-corrected chi connectivity index (χ0v) is 26.0. The van der Waals surface area contributed by atoms with E-state index in [1.807, 2.05) is 35.0 Å². The van der Waals surface area contributed by atoms with Crippen molar-refractivity contribution in [3.8, 4) is 39.8 Å². The lowest BCUT2D eigenvalue weighted by Crippen LogP contribution is -2.27. The van der Waals surface area contributed by atoms with Gasteiger partial charge in [-0.2, -0.15) is 11.3 Å². The van der Waals surface area contributed by atoms with Crippen LogP contribution >= 0.6 is 11.3 Å². The minimum Gasteiger partial charge on any atom is -0.438 e. The number of rotatable bonds is 8. The Hall–Kier alpha value is -6.40. The molecular weight excluding hydrogens is 633 g/mol. The lowest BCUT2D eigenvalue weighted by Gasteiger charge is -2.11. The molecule has 7 rings (SSSR count). The third-order valence-electron chi connectivity index (χ3n) is 7.33. The van der Waals surface area contributed by atoms with Crippen molar-refractivity contribution in [2.45, 2.75) is 6.92 Å². The molecular formula is C36H24FN5O5S. The first kappa shape index (κ1) is 30.3. The number of furan rings is 1. The number of anilines is 2. The topological polar surface area (TPSA) is 128 Å². The highest BCUT2D eigenvalue weighted by Crippen LogP contribution is 2.45. The number of nitrogens with zero attached hydrogens (tertiary/aromatic N) is 3. The molecule has 0 bridgehead atoms. The van der Waals surface area contributed by atoms with E-state index in [9.17, 15) is 18.8 Å². The van der Waals surface area contributed by atoms with Crippen molar-refractivity contribution in [3.63, 3.8) is 0 Å². The molecule has 48 heavy (non-hydrogen) atoms. The SMILES string of the molecule is CC(=O)Nc1cccc(-c2c(-c3ccsc3)oc3ncnc(Oc4ccc(NC(=O)c5cccn(-c6ccc(F)cc6)c5=O)cc4)c23)c1. The number of benzene rings is 3. The minimum absolute atomic E-state index is 0.0815. The average Bonchev–Trinajstić information content (AvgIpc) is 3.75. The van der Waals surface area contributed by atoms with Crippen LogP contribution < -0.4 is 20.9 Å². The van der Waals surface area contributed by atoms with Crippen molar-refractivity contribution in [2.75, 3.05) is 10.6 Å². The van der Waals surface area contributed by atoms with E-state index < -0.39 is 17.3 Å². The van der Waals surface area contributed by atoms with Gasteiger partial charge in [-0.05, 0) is 89.8 Å². The molecule has 4 aromatic heterocycles. The number of halogens is 1. The summed E-state index contributed by atoms with van der Waals surface area (Å²) in [5, 5.41) is 10.0. The summed E-state index contributed by atoms with van der Waals surface area (Å²) >= 11 is 1.53. The van der Waals surface area contributed by atoms with Gasteiger partial charge >= 0.3 is 0 Å². The van der Waals surface area contributed by atoms with Gasteiger partial charge in [0.2, 0.25) is 17.5 Å². The summed E-state index contributed by atoms with van der Waals surface area (Å²) in [5.41, 5.74) is 3.48. The lowest BCUT2D eigenvalue weighted by atomic mass is 10.00. The third kappa shape index (κ3) is 6.07. The number of fused-ring (bicyclic) bond motifs is 1. The van der Waals surface area contributed by atoms with Crippen molar-refractivity contribution in [1.82, 2.24) is 14.5 Å². The predicted molar refractivity (Wildman–Crippen MR) is 181 cm³/mol. The van der Waals surface area contributed by atoms with Gasteiger partial charge < -0.3 is 19.8 Å². The molecule has 10 nitrogen and oxygen atoms in total. The summed E-state index contributed by atoms with van der Waals surface area (Å²) in [6.07, 6.45) is 2.86. The van der Waals surface area contributed by atoms with Crippen molar-refractivity contribution >= 4 is 45.6 Å². The van der Waals surface area contributed by atoms with Crippen LogP contribution in [0.15, 0.2) is 123 Å². The molecule has 2 amide bonds. The van der Waals surface area contributed by atoms with Crippen LogP contribution in [-0.4, -0.2) is 26.3 Å². The van der Waals surface area contributed by atoms with E-state index in [2.05, 4.69) is 20.6 Å². The van der Waals surface area contributed by atoms with Gasteiger partial charge in [-0.15, -0.1) is 0 Å². The molecule has 0 aliphatic heterocycles. The van der Waals surface area contributed by atoms with Crippen molar-refractivity contribution in [1.29, 1.82) is 0 Å². The average molecular weight is 658 g/mol. The number of amides is 2. The van der Waals surface area contributed by atoms with Gasteiger partial charge in [0.1, 0.15) is 34.6 Å². The molecule has 3 aromatic carbocycles. The van der Waals surface area contributed by atoms with E-state index in [1.165, 1.54) is 65.7 Å². The standard InChI is InChI=1S/C36H24FN5O5S/c1-21(43)40-26-5-2-4-22(18-26)30-31-34(38-20-39-35(31)47-32(30)23-15-17-48-19-23)46-28-13-9-25(10-14-28)41-33(44)29-6-3-16-42(36(29)45)27-11-7-24(37)8-12-27/h2-20H,1H3,(H,40,43)(H,41,44). The molecule has 236 valence electrons. The van der Waals surface area contributed by atoms with Gasteiger partial charge in [-0.3, -0.25) is 19.0 Å². The zero-order chi connectivity index (χ0) is 33.2. The monoisotopic (exact) mass is 657 g/mol. The van der Waals surface area contributed by atoms with E-state index in [0.29, 0.717) is 45.2 Å². The Labute approximate surface area is 276 Å². The van der Waals surface area contributed by atoms with Crippen LogP contribution in [0.3, 0.4) is 0 Å². The quantitative estimate of drug-likeness (QED) is 0.170. The summed E-state index contributed by atoms with van der Waals surface area (Å²) in [6.45, 7) is 1.45. The second-order valence-corrected chi connectivity index (χ2v) is 11.4. The summed E-state index contributed by atoms with van der Waals surface area (Å²) in [5.74, 6) is 0.0107. The van der Waals surface area contributed by atoms with Gasteiger partial charge in [-0.1, -0.05) is 12.1 Å². The second-order valence-electron chi connectivity index (χ2n) is 10.6. The first-order valence-electron chi connectivity index (χ1n) is 14.6. The molecule has 0 saturated heterocycles. The highest BCUT2D eigenvalue weighted by molar-refractivity contribution is 7.08. The molecule has 4 heterocycles. The van der Waals surface area contributed by atoms with Crippen LogP contribution in [0, 0.1) is 5.82 Å². The summed E-state index contributed by atoms with van der Waals surface area (Å²) in [7, 11) is 0. The lowest BCUT2D eigenvalue weighted by molar-refractivity contribution is -0.114. The molecule has 0 aliphatic carbocycles. The fourth-order valence-electron chi connectivity index (χ4n) is 5.20. The van der Waals surface area contributed by atoms with Crippen LogP contribution in [0.1, 0.15) is 17.3 Å². The minimum atomic E-state index is -0.604. The number of hydrogen-bond donors (Lipinski definition) is 2. The summed E-state index contributed by atoms with van der Waals surface area (Å²) in [4.78, 5) is 46.7. The first-order valence-corrected chi connectivity index (χ1v) is 15.5. The number of hydrogen-bond acceptors (Lipinski definition) is 8. The maximum absolute atomic E-state index is 13.4. The van der Waals surface area contributed by atoms with Crippen molar-refractivity contribution in [3.05, 3.63) is 136 Å². The molecule has 0 radical (unpaired) electrons. The Morgan fingerprint density at radius 2 is 1.71 bits per heavy atom. The van der Waals surface area contributed by atoms with Crippen LogP contribution in [0.25, 0.3) is 39.2 Å². The Bertz CT molecular complexity index is 2350. The Kier molecular flexibility index (Phi) is 8.05. The summed E-state index contributed by atoms with van der Waals surface area (Å²) in [6, 6.07) is 24.3. The number of aromatic nitrogens is 3. The molecule has 0 aliphatic rings. The fraction of sp³-hybridized carbons (Fsp3) is 0.0278. The molecule has 0 atom stereocenters. The van der Waals surface area contributed by atoms with E-state index in [4.69, 9.17) is 9.15 Å². The van der Waals surface area contributed by atoms with Gasteiger partial charge in [0.25, 0.3) is 11.5 Å². The Morgan fingerprint density at radius 1 is 0.896 bits per heavy atom. The summed E-state index contributed by atoms with van der Waals surface area (Å²) < 4.78 is 27.2. The zero-order valence-electron chi connectivity index (χ0n) is 25.1. The number of carbonyl (C=O) groups is 2. The largest absolute Gasteiger partial charge is 0.438 e. The molecule has 0 spiro atoms. The van der Waals surface area contributed by atoms with Crippen LogP contribution in [0.5, 0.6) is 11.6 Å². The van der Waals surface area contributed by atoms with Gasteiger partial charge in [0.15, 0.2) is 0 Å². The van der Waals surface area contributed by atoms with Gasteiger partial charge in [0.05, 0.1) is 0 Å². The number of nitrogens with one attached hydrogen (secondary N) is 2. The smallest absolute Gasteiger partial charge is 0.267 e. The highest BCUT2D eigenvalue weighted by Gasteiger charge is 2.24. The Morgan fingerprint density at radius 3 is 2.46 bits per heavy atom. The highest BCUT2D eigenvalue weighted by atomic mass is 32.1. The number of carbonyl (C=O) groups excluding carboxylic acids is 2. The van der Waals surface area contributed by atoms with Gasteiger partial charge in [-0.25, -0.2) is 14.4 Å². The van der Waals surface area contributed by atoms with E-state index >= 15 is 0 Å². The van der Waals surface area contributed by atoms with E-state index in [-0.39, 0.29) is 17.4 Å². The third-order valence-corrected chi connectivity index (χ3v) is 8.02. The van der Waals surface area contributed by atoms with Crippen LogP contribution in [0.4, 0.5) is 15.8 Å². The molecule has 0 saturated carbocycles. The number of thiophene rings is 1. The molecule has 0 unspecified atom stereocenters. The predicted octanol–water partition coefficient (Wildman–Crippen LogP) is 7.91. The van der Waals surface area contributed by atoms with E-state index in [0.717, 1.165) is 11.1 Å². The van der Waals surface area contributed by atoms with Crippen LogP contribution in [-0.2, 0) is 4.79 Å². The second kappa shape index (κ2) is 12.8. The molecule has 0 fully saturated rings. The van der Waals surface area contributed by atoms with Crippen molar-refractivity contribution in [2.24, 2.45) is 0 Å². The fourth-order valence-corrected chi connectivity index (χ4v) is 5.84. The van der Waals surface area contributed by atoms with Crippen molar-refractivity contribution < 1.29 is 23.1 Å². The molecule has 7 aromatic rings. The Balaban J connectivity index is 1.18. The molecule has 2 N–H and O–H groups in total. The van der Waals surface area contributed by atoms with Crippen LogP contribution in [0.2, 0.25) is 0 Å².